The Balaban J connectivity index is 2.06. The molecule has 0 aromatic heterocycles. The van der Waals surface area contributed by atoms with Gasteiger partial charge in [0, 0.05) is 22.6 Å². The van der Waals surface area contributed by atoms with Crippen LogP contribution in [0.2, 0.25) is 10.0 Å². The second-order valence-corrected chi connectivity index (χ2v) is 6.34. The van der Waals surface area contributed by atoms with Crippen LogP contribution in [0, 0.1) is 5.92 Å². The molecule has 0 aliphatic heterocycles. The van der Waals surface area contributed by atoms with E-state index in [0.29, 0.717) is 12.0 Å². The Kier molecular flexibility index (Phi) is 5.52. The van der Waals surface area contributed by atoms with Crippen LogP contribution < -0.4 is 5.73 Å². The van der Waals surface area contributed by atoms with Crippen molar-refractivity contribution in [3.8, 4) is 0 Å². The van der Waals surface area contributed by atoms with Gasteiger partial charge in [0.25, 0.3) is 0 Å². The van der Waals surface area contributed by atoms with E-state index in [-0.39, 0.29) is 0 Å². The predicted octanol–water partition coefficient (Wildman–Crippen LogP) is 3.94. The van der Waals surface area contributed by atoms with Gasteiger partial charge in [-0.1, -0.05) is 36.0 Å². The summed E-state index contributed by atoms with van der Waals surface area (Å²) in [6.45, 7) is 1.61. The van der Waals surface area contributed by atoms with Crippen molar-refractivity contribution >= 4 is 23.2 Å². The largest absolute Gasteiger partial charge is 0.330 e. The lowest BCUT2D eigenvalue weighted by atomic mass is 9.83. The van der Waals surface area contributed by atoms with Crippen molar-refractivity contribution in [2.24, 2.45) is 11.7 Å². The third-order valence-electron chi connectivity index (χ3n) is 4.17. The number of halogens is 2. The van der Waals surface area contributed by atoms with Crippen molar-refractivity contribution in [2.45, 2.75) is 38.3 Å². The molecular weight excluding hydrogens is 279 g/mol. The lowest BCUT2D eigenvalue weighted by molar-refractivity contribution is 0.127. The van der Waals surface area contributed by atoms with Crippen LogP contribution in [-0.2, 0) is 6.54 Å². The fraction of sp³-hybridized carbons (Fsp3) is 0.600. The Morgan fingerprint density at radius 1 is 1.26 bits per heavy atom. The van der Waals surface area contributed by atoms with E-state index in [1.165, 1.54) is 25.7 Å². The fourth-order valence-corrected chi connectivity index (χ4v) is 3.47. The maximum atomic E-state index is 6.24. The van der Waals surface area contributed by atoms with E-state index < -0.39 is 0 Å². The molecule has 1 aliphatic carbocycles. The zero-order valence-corrected chi connectivity index (χ0v) is 12.9. The summed E-state index contributed by atoms with van der Waals surface area (Å²) < 4.78 is 0. The number of nitrogens with two attached hydrogens (primary N) is 1. The normalized spacial score (nSPS) is 23.8. The lowest BCUT2D eigenvalue weighted by Crippen LogP contribution is -2.42. The van der Waals surface area contributed by atoms with E-state index in [0.717, 1.165) is 28.7 Å². The minimum absolute atomic E-state index is 0.564. The van der Waals surface area contributed by atoms with E-state index in [2.05, 4.69) is 11.9 Å². The van der Waals surface area contributed by atoms with Crippen molar-refractivity contribution in [2.75, 3.05) is 13.6 Å². The Labute approximate surface area is 125 Å². The van der Waals surface area contributed by atoms with Gasteiger partial charge in [-0.3, -0.25) is 4.90 Å². The van der Waals surface area contributed by atoms with E-state index in [1.54, 1.807) is 0 Å². The molecule has 2 unspecified atom stereocenters. The van der Waals surface area contributed by atoms with E-state index in [1.807, 2.05) is 18.2 Å². The summed E-state index contributed by atoms with van der Waals surface area (Å²) in [7, 11) is 2.16. The Bertz CT molecular complexity index is 423. The molecule has 2 atom stereocenters. The van der Waals surface area contributed by atoms with Crippen LogP contribution >= 0.6 is 23.2 Å². The smallest absolute Gasteiger partial charge is 0.0452 e. The number of nitrogens with zero attached hydrogens (tertiary/aromatic N) is 1. The van der Waals surface area contributed by atoms with Gasteiger partial charge in [0.1, 0.15) is 0 Å². The molecule has 0 bridgehead atoms. The van der Waals surface area contributed by atoms with Gasteiger partial charge in [-0.05, 0) is 56.1 Å². The van der Waals surface area contributed by atoms with E-state index >= 15 is 0 Å². The molecule has 19 heavy (non-hydrogen) atoms. The van der Waals surface area contributed by atoms with Gasteiger partial charge in [0.05, 0.1) is 0 Å². The molecule has 0 saturated heterocycles. The average Bonchev–Trinajstić information content (AvgIpc) is 2.42. The van der Waals surface area contributed by atoms with Crippen LogP contribution in [-0.4, -0.2) is 24.5 Å². The molecule has 1 fully saturated rings. The highest BCUT2D eigenvalue weighted by Gasteiger charge is 2.27. The first-order valence-corrected chi connectivity index (χ1v) is 7.71. The minimum Gasteiger partial charge on any atom is -0.330 e. The highest BCUT2D eigenvalue weighted by atomic mass is 35.5. The molecule has 1 saturated carbocycles. The molecule has 1 aromatic carbocycles. The van der Waals surface area contributed by atoms with Crippen molar-refractivity contribution in [3.63, 3.8) is 0 Å². The topological polar surface area (TPSA) is 29.3 Å². The van der Waals surface area contributed by atoms with Gasteiger partial charge in [-0.2, -0.15) is 0 Å². The molecule has 2 N–H and O–H groups in total. The fourth-order valence-electron chi connectivity index (χ4n) is 3.09. The van der Waals surface area contributed by atoms with Crippen LogP contribution in [0.25, 0.3) is 0 Å². The van der Waals surface area contributed by atoms with Gasteiger partial charge >= 0.3 is 0 Å². The summed E-state index contributed by atoms with van der Waals surface area (Å²) in [5.41, 5.74) is 7.00. The summed E-state index contributed by atoms with van der Waals surface area (Å²) in [6, 6.07) is 6.22. The molecule has 1 aromatic rings. The van der Waals surface area contributed by atoms with Crippen LogP contribution in [0.3, 0.4) is 0 Å². The molecular formula is C15H22Cl2N2. The number of benzene rings is 1. The quantitative estimate of drug-likeness (QED) is 0.912. The molecule has 4 heteroatoms. The summed E-state index contributed by atoms with van der Waals surface area (Å²) in [5, 5.41) is 1.53. The van der Waals surface area contributed by atoms with Gasteiger partial charge in [-0.25, -0.2) is 0 Å². The maximum absolute atomic E-state index is 6.24. The molecule has 1 aliphatic rings. The Morgan fingerprint density at radius 2 is 2.00 bits per heavy atom. The number of hydrogen-bond acceptors (Lipinski definition) is 2. The molecule has 0 amide bonds. The second-order valence-electron chi connectivity index (χ2n) is 5.50. The lowest BCUT2D eigenvalue weighted by Gasteiger charge is -2.37. The Hall–Kier alpha value is -0.280. The first-order valence-electron chi connectivity index (χ1n) is 6.96. The van der Waals surface area contributed by atoms with Gasteiger partial charge < -0.3 is 5.73 Å². The molecule has 2 nitrogen and oxygen atoms in total. The van der Waals surface area contributed by atoms with Crippen molar-refractivity contribution in [1.82, 2.24) is 4.90 Å². The van der Waals surface area contributed by atoms with Gasteiger partial charge in [-0.15, -0.1) is 0 Å². The first-order chi connectivity index (χ1) is 9.11. The molecule has 2 rings (SSSR count). The first kappa shape index (κ1) is 15.1. The molecule has 106 valence electrons. The third kappa shape index (κ3) is 3.85. The van der Waals surface area contributed by atoms with E-state index in [9.17, 15) is 0 Å². The second kappa shape index (κ2) is 6.94. The van der Waals surface area contributed by atoms with Crippen molar-refractivity contribution < 1.29 is 0 Å². The highest BCUT2D eigenvalue weighted by molar-refractivity contribution is 6.33. The molecule has 0 heterocycles. The zero-order chi connectivity index (χ0) is 13.8. The number of rotatable bonds is 4. The minimum atomic E-state index is 0.564. The summed E-state index contributed by atoms with van der Waals surface area (Å²) in [4.78, 5) is 2.38. The third-order valence-corrected chi connectivity index (χ3v) is 4.77. The van der Waals surface area contributed by atoms with Crippen LogP contribution in [0.1, 0.15) is 31.2 Å². The van der Waals surface area contributed by atoms with Crippen molar-refractivity contribution in [3.05, 3.63) is 33.8 Å². The highest BCUT2D eigenvalue weighted by Crippen LogP contribution is 2.29. The predicted molar refractivity (Wildman–Crippen MR) is 82.7 cm³/mol. The van der Waals surface area contributed by atoms with Crippen LogP contribution in [0.4, 0.5) is 0 Å². The summed E-state index contributed by atoms with van der Waals surface area (Å²) in [6.07, 6.45) is 5.09. The number of hydrogen-bond donors (Lipinski definition) is 1. The SMILES string of the molecule is CN(Cc1cc(Cl)ccc1Cl)C1CCCCC1CN. The van der Waals surface area contributed by atoms with Crippen molar-refractivity contribution in [1.29, 1.82) is 0 Å². The average molecular weight is 301 g/mol. The van der Waals surface area contributed by atoms with Gasteiger partial charge in [0.15, 0.2) is 0 Å². The summed E-state index contributed by atoms with van der Waals surface area (Å²) >= 11 is 12.3. The Morgan fingerprint density at radius 3 is 2.74 bits per heavy atom. The molecule has 0 radical (unpaired) electrons. The van der Waals surface area contributed by atoms with Gasteiger partial charge in [0.2, 0.25) is 0 Å². The van der Waals surface area contributed by atoms with Crippen LogP contribution in [0.15, 0.2) is 18.2 Å². The van der Waals surface area contributed by atoms with Crippen LogP contribution in [0.5, 0.6) is 0 Å². The monoisotopic (exact) mass is 300 g/mol. The van der Waals surface area contributed by atoms with E-state index in [4.69, 9.17) is 28.9 Å². The maximum Gasteiger partial charge on any atom is 0.0452 e. The zero-order valence-electron chi connectivity index (χ0n) is 11.4. The summed E-state index contributed by atoms with van der Waals surface area (Å²) in [5.74, 6) is 0.608. The standard InChI is InChI=1S/C15H22Cl2N2/c1-19(15-5-3-2-4-11(15)9-18)10-12-8-13(16)6-7-14(12)17/h6-8,11,15H,2-5,9-10,18H2,1H3. The molecule has 0 spiro atoms.